The van der Waals surface area contributed by atoms with Gasteiger partial charge >= 0.3 is 5.97 Å². The third-order valence-electron chi connectivity index (χ3n) is 4.64. The van der Waals surface area contributed by atoms with Crippen molar-refractivity contribution < 1.29 is 9.90 Å². The topological polar surface area (TPSA) is 53.4 Å². The fourth-order valence-corrected chi connectivity index (χ4v) is 2.87. The molecule has 2 heterocycles. The fourth-order valence-electron chi connectivity index (χ4n) is 2.87. The van der Waals surface area contributed by atoms with Crippen LogP contribution in [0, 0.1) is 5.41 Å². The lowest BCUT2D eigenvalue weighted by atomic mass is 9.74. The minimum absolute atomic E-state index is 0.247. The lowest BCUT2D eigenvalue weighted by Crippen LogP contribution is -2.40. The van der Waals surface area contributed by atoms with E-state index in [4.69, 9.17) is 5.11 Å². The number of hydrogen-bond acceptors (Lipinski definition) is 3. The van der Waals surface area contributed by atoms with Gasteiger partial charge in [0.2, 0.25) is 0 Å². The van der Waals surface area contributed by atoms with Gasteiger partial charge in [-0.25, -0.2) is 9.78 Å². The monoisotopic (exact) mass is 262 g/mol. The van der Waals surface area contributed by atoms with E-state index >= 15 is 0 Å². The molecule has 0 radical (unpaired) electrons. The Labute approximate surface area is 114 Å². The van der Waals surface area contributed by atoms with Gasteiger partial charge in [0.05, 0.1) is 5.56 Å². The molecule has 1 aliphatic heterocycles. The molecule has 19 heavy (non-hydrogen) atoms. The van der Waals surface area contributed by atoms with Crippen LogP contribution in [0.15, 0.2) is 18.3 Å². The fraction of sp³-hybridized carbons (Fsp3) is 0.600. The van der Waals surface area contributed by atoms with E-state index < -0.39 is 5.97 Å². The maximum atomic E-state index is 10.8. The average molecular weight is 262 g/mol. The third-order valence-corrected chi connectivity index (χ3v) is 4.64. The van der Waals surface area contributed by atoms with Crippen molar-refractivity contribution >= 4 is 11.8 Å². The lowest BCUT2D eigenvalue weighted by Gasteiger charge is -2.41. The van der Waals surface area contributed by atoms with E-state index in [-0.39, 0.29) is 5.56 Å². The zero-order chi connectivity index (χ0) is 13.9. The number of carboxylic acid groups (broad SMARTS) is 1. The van der Waals surface area contributed by atoms with Gasteiger partial charge in [-0.15, -0.1) is 0 Å². The van der Waals surface area contributed by atoms with Crippen LogP contribution >= 0.6 is 0 Å². The molecule has 1 aromatic rings. The van der Waals surface area contributed by atoms with Crippen molar-refractivity contribution in [3.05, 3.63) is 23.9 Å². The molecular formula is C15H22N2O2. The molecule has 1 fully saturated rings. The Morgan fingerprint density at radius 3 is 2.37 bits per heavy atom. The molecule has 0 spiro atoms. The summed E-state index contributed by atoms with van der Waals surface area (Å²) in [5.41, 5.74) is 0.745. The van der Waals surface area contributed by atoms with Gasteiger partial charge in [0, 0.05) is 19.3 Å². The highest BCUT2D eigenvalue weighted by atomic mass is 16.4. The first-order chi connectivity index (χ1) is 9.10. The minimum atomic E-state index is -0.923. The maximum absolute atomic E-state index is 10.8. The molecule has 0 saturated carbocycles. The first-order valence-electron chi connectivity index (χ1n) is 7.04. The van der Waals surface area contributed by atoms with Crippen molar-refractivity contribution in [1.82, 2.24) is 4.98 Å². The van der Waals surface area contributed by atoms with Gasteiger partial charge in [-0.3, -0.25) is 0 Å². The molecule has 1 N–H and O–H groups in total. The second kappa shape index (κ2) is 5.59. The molecule has 1 aliphatic rings. The molecule has 104 valence electrons. The smallest absolute Gasteiger partial charge is 0.337 e. The maximum Gasteiger partial charge on any atom is 0.337 e. The highest BCUT2D eigenvalue weighted by molar-refractivity contribution is 5.87. The minimum Gasteiger partial charge on any atom is -0.478 e. The van der Waals surface area contributed by atoms with Crippen molar-refractivity contribution in [2.45, 2.75) is 39.5 Å². The van der Waals surface area contributed by atoms with E-state index in [1.54, 1.807) is 6.07 Å². The molecule has 0 bridgehead atoms. The number of hydrogen-bond donors (Lipinski definition) is 1. The summed E-state index contributed by atoms with van der Waals surface area (Å²) >= 11 is 0. The first kappa shape index (κ1) is 13.8. The Kier molecular flexibility index (Phi) is 4.08. The van der Waals surface area contributed by atoms with Crippen molar-refractivity contribution in [2.75, 3.05) is 18.0 Å². The van der Waals surface area contributed by atoms with Crippen LogP contribution in [0.1, 0.15) is 49.9 Å². The molecule has 1 aromatic heterocycles. The van der Waals surface area contributed by atoms with Gasteiger partial charge in [-0.05, 0) is 30.4 Å². The van der Waals surface area contributed by atoms with Gasteiger partial charge < -0.3 is 10.0 Å². The normalized spacial score (nSPS) is 18.3. The number of nitrogens with zero attached hydrogens (tertiary/aromatic N) is 2. The summed E-state index contributed by atoms with van der Waals surface area (Å²) in [6.07, 6.45) is 6.31. The molecule has 0 amide bonds. The van der Waals surface area contributed by atoms with Crippen LogP contribution in [0.3, 0.4) is 0 Å². The number of aromatic nitrogens is 1. The summed E-state index contributed by atoms with van der Waals surface area (Å²) in [6.45, 7) is 6.58. The SMILES string of the molecule is CCC1(CC)CCN(c2ccc(C(=O)O)cn2)CC1. The van der Waals surface area contributed by atoms with E-state index in [1.807, 2.05) is 6.07 Å². The van der Waals surface area contributed by atoms with E-state index in [2.05, 4.69) is 23.7 Å². The number of anilines is 1. The van der Waals surface area contributed by atoms with Gasteiger partial charge in [0.25, 0.3) is 0 Å². The second-order valence-corrected chi connectivity index (χ2v) is 5.40. The molecule has 0 unspecified atom stereocenters. The summed E-state index contributed by atoms with van der Waals surface area (Å²) in [6, 6.07) is 3.44. The van der Waals surface area contributed by atoms with Gasteiger partial charge in [-0.1, -0.05) is 26.7 Å². The molecule has 0 aliphatic carbocycles. The number of aromatic carboxylic acids is 1. The highest BCUT2D eigenvalue weighted by Gasteiger charge is 2.31. The predicted octanol–water partition coefficient (Wildman–Crippen LogP) is 3.19. The molecule has 2 rings (SSSR count). The molecule has 1 saturated heterocycles. The third kappa shape index (κ3) is 2.88. The molecule has 0 atom stereocenters. The number of carbonyl (C=O) groups is 1. The summed E-state index contributed by atoms with van der Waals surface area (Å²) in [7, 11) is 0. The van der Waals surface area contributed by atoms with Gasteiger partial charge in [-0.2, -0.15) is 0 Å². The summed E-state index contributed by atoms with van der Waals surface area (Å²) in [4.78, 5) is 17.3. The Bertz CT molecular complexity index is 428. The van der Waals surface area contributed by atoms with Crippen LogP contribution in [0.25, 0.3) is 0 Å². The van der Waals surface area contributed by atoms with E-state index in [0.717, 1.165) is 18.9 Å². The predicted molar refractivity (Wildman–Crippen MR) is 75.7 cm³/mol. The number of pyridine rings is 1. The van der Waals surface area contributed by atoms with E-state index in [1.165, 1.54) is 31.9 Å². The summed E-state index contributed by atoms with van der Waals surface area (Å²) < 4.78 is 0. The van der Waals surface area contributed by atoms with Crippen LogP contribution in [0.4, 0.5) is 5.82 Å². The van der Waals surface area contributed by atoms with Gasteiger partial charge in [0.15, 0.2) is 0 Å². The highest BCUT2D eigenvalue weighted by Crippen LogP contribution is 2.38. The largest absolute Gasteiger partial charge is 0.478 e. The summed E-state index contributed by atoms with van der Waals surface area (Å²) in [5, 5.41) is 8.86. The Morgan fingerprint density at radius 2 is 1.95 bits per heavy atom. The lowest BCUT2D eigenvalue weighted by molar-refractivity contribution is 0.0696. The van der Waals surface area contributed by atoms with Crippen LogP contribution in [-0.2, 0) is 0 Å². The quantitative estimate of drug-likeness (QED) is 0.905. The van der Waals surface area contributed by atoms with Crippen LogP contribution in [0.2, 0.25) is 0 Å². The van der Waals surface area contributed by atoms with Crippen LogP contribution in [0.5, 0.6) is 0 Å². The van der Waals surface area contributed by atoms with Crippen LogP contribution < -0.4 is 4.90 Å². The van der Waals surface area contributed by atoms with E-state index in [9.17, 15) is 4.79 Å². The van der Waals surface area contributed by atoms with Crippen molar-refractivity contribution in [2.24, 2.45) is 5.41 Å². The Morgan fingerprint density at radius 1 is 1.32 bits per heavy atom. The molecular weight excluding hydrogens is 240 g/mol. The first-order valence-corrected chi connectivity index (χ1v) is 7.04. The number of rotatable bonds is 4. The molecule has 4 nitrogen and oxygen atoms in total. The van der Waals surface area contributed by atoms with Crippen molar-refractivity contribution in [3.63, 3.8) is 0 Å². The zero-order valence-corrected chi connectivity index (χ0v) is 11.7. The molecule has 0 aromatic carbocycles. The average Bonchev–Trinajstić information content (AvgIpc) is 2.47. The Hall–Kier alpha value is -1.58. The molecule has 4 heteroatoms. The second-order valence-electron chi connectivity index (χ2n) is 5.40. The van der Waals surface area contributed by atoms with Gasteiger partial charge in [0.1, 0.15) is 5.82 Å². The van der Waals surface area contributed by atoms with E-state index in [0.29, 0.717) is 5.41 Å². The standard InChI is InChI=1S/C15H22N2O2/c1-3-15(4-2)7-9-17(10-8-15)13-6-5-12(11-16-13)14(18)19/h5-6,11H,3-4,7-10H2,1-2H3,(H,18,19). The zero-order valence-electron chi connectivity index (χ0n) is 11.7. The van der Waals surface area contributed by atoms with Crippen molar-refractivity contribution in [1.29, 1.82) is 0 Å². The van der Waals surface area contributed by atoms with Crippen LogP contribution in [-0.4, -0.2) is 29.1 Å². The number of piperidine rings is 1. The summed E-state index contributed by atoms with van der Waals surface area (Å²) in [5.74, 6) is -0.0283. The Balaban J connectivity index is 2.03. The van der Waals surface area contributed by atoms with Crippen molar-refractivity contribution in [3.8, 4) is 0 Å². The number of carboxylic acids is 1.